The SMILES string of the molecule is FC(F)(F)c1coc(CBr)c1. The molecule has 0 saturated heterocycles. The molecular weight excluding hydrogens is 225 g/mol. The first-order valence-corrected chi connectivity index (χ1v) is 3.87. The van der Waals surface area contributed by atoms with Crippen LogP contribution in [0, 0.1) is 0 Å². The van der Waals surface area contributed by atoms with Crippen LogP contribution in [0.25, 0.3) is 0 Å². The molecular formula is C6H4BrF3O. The molecule has 0 spiro atoms. The lowest BCUT2D eigenvalue weighted by atomic mass is 10.3. The first-order valence-electron chi connectivity index (χ1n) is 2.74. The zero-order valence-electron chi connectivity index (χ0n) is 5.28. The highest BCUT2D eigenvalue weighted by Crippen LogP contribution is 2.30. The van der Waals surface area contributed by atoms with Crippen molar-refractivity contribution in [2.75, 3.05) is 0 Å². The topological polar surface area (TPSA) is 13.1 Å². The Labute approximate surface area is 69.3 Å². The van der Waals surface area contributed by atoms with Gasteiger partial charge in [0.25, 0.3) is 0 Å². The van der Waals surface area contributed by atoms with Gasteiger partial charge in [0.05, 0.1) is 10.9 Å². The van der Waals surface area contributed by atoms with Gasteiger partial charge in [-0.05, 0) is 6.07 Å². The van der Waals surface area contributed by atoms with Crippen LogP contribution in [-0.4, -0.2) is 0 Å². The molecule has 0 N–H and O–H groups in total. The molecule has 5 heteroatoms. The Morgan fingerprint density at radius 3 is 2.36 bits per heavy atom. The maximum atomic E-state index is 11.9. The first kappa shape index (κ1) is 8.64. The van der Waals surface area contributed by atoms with Gasteiger partial charge in [-0.2, -0.15) is 13.2 Å². The lowest BCUT2D eigenvalue weighted by molar-refractivity contribution is -0.137. The van der Waals surface area contributed by atoms with Crippen molar-refractivity contribution >= 4 is 15.9 Å². The summed E-state index contributed by atoms with van der Waals surface area (Å²) in [6.45, 7) is 0. The lowest BCUT2D eigenvalue weighted by Gasteiger charge is -1.99. The third-order valence-electron chi connectivity index (χ3n) is 1.11. The molecule has 0 aliphatic rings. The van der Waals surface area contributed by atoms with Crippen LogP contribution in [0.3, 0.4) is 0 Å². The van der Waals surface area contributed by atoms with Crippen molar-refractivity contribution in [1.82, 2.24) is 0 Å². The van der Waals surface area contributed by atoms with E-state index in [0.717, 1.165) is 6.07 Å². The van der Waals surface area contributed by atoms with Gasteiger partial charge in [0.2, 0.25) is 0 Å². The van der Waals surface area contributed by atoms with Crippen molar-refractivity contribution in [1.29, 1.82) is 0 Å². The van der Waals surface area contributed by atoms with E-state index in [4.69, 9.17) is 0 Å². The summed E-state index contributed by atoms with van der Waals surface area (Å²) in [5.41, 5.74) is -0.744. The van der Waals surface area contributed by atoms with Crippen LogP contribution < -0.4 is 0 Å². The molecule has 0 aliphatic heterocycles. The molecule has 1 rings (SSSR count). The van der Waals surface area contributed by atoms with Gasteiger partial charge < -0.3 is 4.42 Å². The van der Waals surface area contributed by atoms with Gasteiger partial charge in [0.1, 0.15) is 12.0 Å². The summed E-state index contributed by atoms with van der Waals surface area (Å²) in [6, 6.07) is 0.967. The summed E-state index contributed by atoms with van der Waals surface area (Å²) in [4.78, 5) is 0. The van der Waals surface area contributed by atoms with Crippen LogP contribution in [0.4, 0.5) is 13.2 Å². The van der Waals surface area contributed by atoms with Crippen molar-refractivity contribution in [3.63, 3.8) is 0 Å². The molecule has 0 fully saturated rings. The molecule has 0 saturated carbocycles. The number of alkyl halides is 4. The average Bonchev–Trinajstić information content (AvgIpc) is 2.32. The van der Waals surface area contributed by atoms with E-state index in [2.05, 4.69) is 20.3 Å². The Morgan fingerprint density at radius 2 is 2.09 bits per heavy atom. The van der Waals surface area contributed by atoms with Gasteiger partial charge in [0, 0.05) is 0 Å². The summed E-state index contributed by atoms with van der Waals surface area (Å²) in [7, 11) is 0. The van der Waals surface area contributed by atoms with Crippen molar-refractivity contribution in [2.24, 2.45) is 0 Å². The predicted molar refractivity (Wildman–Crippen MR) is 36.3 cm³/mol. The first-order chi connectivity index (χ1) is 5.04. The van der Waals surface area contributed by atoms with E-state index in [0.29, 0.717) is 11.6 Å². The van der Waals surface area contributed by atoms with Crippen molar-refractivity contribution in [3.05, 3.63) is 23.7 Å². The Balaban J connectivity index is 2.89. The molecule has 0 amide bonds. The van der Waals surface area contributed by atoms with E-state index >= 15 is 0 Å². The van der Waals surface area contributed by atoms with Gasteiger partial charge >= 0.3 is 6.18 Å². The molecule has 1 aromatic rings. The molecule has 1 nitrogen and oxygen atoms in total. The fourth-order valence-electron chi connectivity index (χ4n) is 0.599. The summed E-state index contributed by atoms with van der Waals surface area (Å²) in [5.74, 6) is 0.275. The normalized spacial score (nSPS) is 12.0. The molecule has 0 aliphatic carbocycles. The van der Waals surface area contributed by atoms with Crippen LogP contribution in [-0.2, 0) is 11.5 Å². The van der Waals surface area contributed by atoms with Crippen molar-refractivity contribution in [3.8, 4) is 0 Å². The van der Waals surface area contributed by atoms with E-state index in [1.165, 1.54) is 0 Å². The van der Waals surface area contributed by atoms with Gasteiger partial charge in [0.15, 0.2) is 0 Å². The Morgan fingerprint density at radius 1 is 1.45 bits per heavy atom. The predicted octanol–water partition coefficient (Wildman–Crippen LogP) is 3.19. The van der Waals surface area contributed by atoms with Crippen LogP contribution in [0.1, 0.15) is 11.3 Å². The van der Waals surface area contributed by atoms with Crippen LogP contribution in [0.15, 0.2) is 16.7 Å². The standard InChI is InChI=1S/C6H4BrF3O/c7-2-5-1-4(3-11-5)6(8,9)10/h1,3H,2H2. The highest BCUT2D eigenvalue weighted by molar-refractivity contribution is 9.08. The minimum absolute atomic E-state index is 0.275. The molecule has 11 heavy (non-hydrogen) atoms. The average molecular weight is 229 g/mol. The van der Waals surface area contributed by atoms with Gasteiger partial charge in [-0.1, -0.05) is 15.9 Å². The summed E-state index contributed by atoms with van der Waals surface area (Å²) >= 11 is 2.98. The minimum atomic E-state index is -4.30. The summed E-state index contributed by atoms with van der Waals surface area (Å²) < 4.78 is 40.2. The summed E-state index contributed by atoms with van der Waals surface area (Å²) in [5, 5.41) is 0.295. The molecule has 1 aromatic heterocycles. The van der Waals surface area contributed by atoms with Gasteiger partial charge in [-0.25, -0.2) is 0 Å². The highest BCUT2D eigenvalue weighted by atomic mass is 79.9. The van der Waals surface area contributed by atoms with Crippen molar-refractivity contribution < 1.29 is 17.6 Å². The maximum Gasteiger partial charge on any atom is 0.419 e. The van der Waals surface area contributed by atoms with Gasteiger partial charge in [-0.15, -0.1) is 0 Å². The molecule has 0 atom stereocenters. The third-order valence-corrected chi connectivity index (χ3v) is 1.67. The van der Waals surface area contributed by atoms with E-state index in [-0.39, 0.29) is 5.76 Å². The minimum Gasteiger partial charge on any atom is -0.468 e. The second kappa shape index (κ2) is 2.89. The number of furan rings is 1. The van der Waals surface area contributed by atoms with Crippen LogP contribution in [0.5, 0.6) is 0 Å². The number of hydrogen-bond acceptors (Lipinski definition) is 1. The lowest BCUT2D eigenvalue weighted by Crippen LogP contribution is -2.01. The Bertz CT molecular complexity index is 240. The summed E-state index contributed by atoms with van der Waals surface area (Å²) in [6.07, 6.45) is -3.60. The van der Waals surface area contributed by atoms with E-state index < -0.39 is 11.7 Å². The molecule has 0 radical (unpaired) electrons. The molecule has 1 heterocycles. The van der Waals surface area contributed by atoms with Crippen LogP contribution in [0.2, 0.25) is 0 Å². The Hall–Kier alpha value is -0.450. The van der Waals surface area contributed by atoms with Crippen LogP contribution >= 0.6 is 15.9 Å². The second-order valence-electron chi connectivity index (χ2n) is 1.93. The monoisotopic (exact) mass is 228 g/mol. The molecule has 0 bridgehead atoms. The Kier molecular flexibility index (Phi) is 2.27. The zero-order valence-corrected chi connectivity index (χ0v) is 6.87. The molecule has 0 unspecified atom stereocenters. The van der Waals surface area contributed by atoms with Crippen molar-refractivity contribution in [2.45, 2.75) is 11.5 Å². The number of rotatable bonds is 1. The quantitative estimate of drug-likeness (QED) is 0.674. The van der Waals surface area contributed by atoms with E-state index in [1.54, 1.807) is 0 Å². The molecule has 62 valence electrons. The third kappa shape index (κ3) is 1.99. The largest absolute Gasteiger partial charge is 0.468 e. The van der Waals surface area contributed by atoms with Gasteiger partial charge in [-0.3, -0.25) is 0 Å². The van der Waals surface area contributed by atoms with E-state index in [9.17, 15) is 13.2 Å². The second-order valence-corrected chi connectivity index (χ2v) is 2.49. The number of hydrogen-bond donors (Lipinski definition) is 0. The van der Waals surface area contributed by atoms with E-state index in [1.807, 2.05) is 0 Å². The molecule has 0 aromatic carbocycles. The number of halogens is 4. The fourth-order valence-corrected chi connectivity index (χ4v) is 0.893. The maximum absolute atomic E-state index is 11.9. The highest BCUT2D eigenvalue weighted by Gasteiger charge is 2.32. The smallest absolute Gasteiger partial charge is 0.419 e. The fraction of sp³-hybridized carbons (Fsp3) is 0.333. The zero-order chi connectivity index (χ0) is 8.48.